The molecule has 0 saturated heterocycles. The highest BCUT2D eigenvalue weighted by Crippen LogP contribution is 2.54. The number of carbonyl (C=O) groups is 1. The number of esters is 1. The number of hydrogen-bond acceptors (Lipinski definition) is 3. The SMILES string of the molecule is CCC(=O)Oc1c(C(C)(C)C)c(C(C)(C)C)c(O)c(C(C)(C)C)c1C(C)(C)C. The monoisotopic (exact) mass is 390 g/mol. The van der Waals surface area contributed by atoms with Crippen molar-refractivity contribution >= 4 is 5.97 Å². The van der Waals surface area contributed by atoms with Crippen LogP contribution in [0.25, 0.3) is 0 Å². The van der Waals surface area contributed by atoms with E-state index in [1.165, 1.54) is 0 Å². The molecule has 1 N–H and O–H groups in total. The van der Waals surface area contributed by atoms with Gasteiger partial charge in [0.2, 0.25) is 0 Å². The van der Waals surface area contributed by atoms with Crippen LogP contribution in [0.1, 0.15) is 119 Å². The van der Waals surface area contributed by atoms with E-state index in [0.717, 1.165) is 22.3 Å². The summed E-state index contributed by atoms with van der Waals surface area (Å²) in [4.78, 5) is 12.5. The largest absolute Gasteiger partial charge is 0.507 e. The second-order valence-corrected chi connectivity index (χ2v) is 12.0. The van der Waals surface area contributed by atoms with Gasteiger partial charge in [-0.3, -0.25) is 4.79 Å². The minimum Gasteiger partial charge on any atom is -0.507 e. The van der Waals surface area contributed by atoms with Gasteiger partial charge in [-0.15, -0.1) is 0 Å². The van der Waals surface area contributed by atoms with Crippen LogP contribution in [0.4, 0.5) is 0 Å². The van der Waals surface area contributed by atoms with Gasteiger partial charge in [0.25, 0.3) is 0 Å². The van der Waals surface area contributed by atoms with E-state index in [1.54, 1.807) is 0 Å². The molecule has 0 fully saturated rings. The van der Waals surface area contributed by atoms with E-state index in [1.807, 2.05) is 6.92 Å². The first-order valence-corrected chi connectivity index (χ1v) is 10.4. The zero-order chi connectivity index (χ0) is 22.5. The molecule has 0 aliphatic rings. The maximum Gasteiger partial charge on any atom is 0.310 e. The smallest absolute Gasteiger partial charge is 0.310 e. The van der Waals surface area contributed by atoms with Crippen molar-refractivity contribution in [2.24, 2.45) is 0 Å². The number of hydrogen-bond donors (Lipinski definition) is 1. The van der Waals surface area contributed by atoms with Crippen molar-refractivity contribution in [2.45, 2.75) is 118 Å². The average Bonchev–Trinajstić information content (AvgIpc) is 2.42. The van der Waals surface area contributed by atoms with Gasteiger partial charge in [0, 0.05) is 28.7 Å². The fourth-order valence-electron chi connectivity index (χ4n) is 3.89. The standard InChI is InChI=1S/C25H42O3/c1-14-15(26)28-21-18(24(8,9)10)16(22(2,3)4)20(27)17(23(5,6)7)19(21)25(11,12)13/h27H,14H2,1-13H3. The molecule has 1 aromatic rings. The van der Waals surface area contributed by atoms with Crippen LogP contribution < -0.4 is 4.74 Å². The van der Waals surface area contributed by atoms with Crippen molar-refractivity contribution in [1.82, 2.24) is 0 Å². The number of phenolic OH excluding ortho intramolecular Hbond substituents is 1. The van der Waals surface area contributed by atoms with Gasteiger partial charge in [0.15, 0.2) is 0 Å². The van der Waals surface area contributed by atoms with Gasteiger partial charge in [-0.05, 0) is 21.7 Å². The Bertz CT molecular complexity index is 689. The second-order valence-electron chi connectivity index (χ2n) is 12.0. The first-order chi connectivity index (χ1) is 12.2. The molecule has 0 radical (unpaired) electrons. The summed E-state index contributed by atoms with van der Waals surface area (Å²) in [6.07, 6.45) is 0.309. The first kappa shape index (κ1) is 24.5. The molecule has 1 rings (SSSR count). The van der Waals surface area contributed by atoms with Crippen LogP contribution in [0, 0.1) is 0 Å². The lowest BCUT2D eigenvalue weighted by Crippen LogP contribution is -2.31. The first-order valence-electron chi connectivity index (χ1n) is 10.4. The molecule has 0 spiro atoms. The Hall–Kier alpha value is -1.51. The lowest BCUT2D eigenvalue weighted by atomic mass is 9.66. The molecule has 28 heavy (non-hydrogen) atoms. The zero-order valence-corrected chi connectivity index (χ0v) is 20.5. The van der Waals surface area contributed by atoms with Crippen molar-refractivity contribution in [1.29, 1.82) is 0 Å². The van der Waals surface area contributed by atoms with Crippen molar-refractivity contribution in [3.8, 4) is 11.5 Å². The zero-order valence-electron chi connectivity index (χ0n) is 20.5. The molecule has 1 aromatic carbocycles. The molecule has 0 unspecified atom stereocenters. The Kier molecular flexibility index (Phi) is 6.47. The summed E-state index contributed by atoms with van der Waals surface area (Å²) in [5.41, 5.74) is 2.37. The van der Waals surface area contributed by atoms with Crippen molar-refractivity contribution < 1.29 is 14.6 Å². The average molecular weight is 391 g/mol. The van der Waals surface area contributed by atoms with Gasteiger partial charge in [0.05, 0.1) is 0 Å². The van der Waals surface area contributed by atoms with E-state index < -0.39 is 0 Å². The topological polar surface area (TPSA) is 46.5 Å². The molecule has 3 heteroatoms. The molecule has 0 bridgehead atoms. The summed E-state index contributed by atoms with van der Waals surface area (Å²) in [5.74, 6) is 0.729. The summed E-state index contributed by atoms with van der Waals surface area (Å²) < 4.78 is 6.06. The number of benzene rings is 1. The Morgan fingerprint density at radius 1 is 0.679 bits per heavy atom. The molecule has 0 aliphatic carbocycles. The molecule has 0 heterocycles. The lowest BCUT2D eigenvalue weighted by molar-refractivity contribution is -0.134. The summed E-state index contributed by atoms with van der Waals surface area (Å²) >= 11 is 0. The fraction of sp³-hybridized carbons (Fsp3) is 0.720. The Morgan fingerprint density at radius 2 is 0.964 bits per heavy atom. The Balaban J connectivity index is 4.43. The predicted molar refractivity (Wildman–Crippen MR) is 119 cm³/mol. The summed E-state index contributed by atoms with van der Waals surface area (Å²) in [6.45, 7) is 27.1. The number of phenols is 1. The van der Waals surface area contributed by atoms with Gasteiger partial charge in [-0.2, -0.15) is 0 Å². The summed E-state index contributed by atoms with van der Waals surface area (Å²) in [5, 5.41) is 11.6. The molecular formula is C25H42O3. The van der Waals surface area contributed by atoms with Crippen LogP contribution in [-0.4, -0.2) is 11.1 Å². The lowest BCUT2D eigenvalue weighted by Gasteiger charge is -2.40. The Labute approximate surface area is 172 Å². The Morgan fingerprint density at radius 3 is 1.18 bits per heavy atom. The van der Waals surface area contributed by atoms with E-state index in [2.05, 4.69) is 83.1 Å². The number of aromatic hydroxyl groups is 1. The molecule has 0 aromatic heterocycles. The van der Waals surface area contributed by atoms with Crippen molar-refractivity contribution in [3.63, 3.8) is 0 Å². The molecule has 3 nitrogen and oxygen atoms in total. The van der Waals surface area contributed by atoms with Crippen LogP contribution in [0.5, 0.6) is 11.5 Å². The van der Waals surface area contributed by atoms with E-state index in [0.29, 0.717) is 17.9 Å². The van der Waals surface area contributed by atoms with Crippen LogP contribution in [-0.2, 0) is 26.5 Å². The number of carbonyl (C=O) groups excluding carboxylic acids is 1. The quantitative estimate of drug-likeness (QED) is 0.441. The molecule has 160 valence electrons. The minimum atomic E-state index is -0.309. The third kappa shape index (κ3) is 4.90. The number of rotatable bonds is 2. The van der Waals surface area contributed by atoms with Crippen molar-refractivity contribution in [3.05, 3.63) is 22.3 Å². The van der Waals surface area contributed by atoms with Crippen molar-refractivity contribution in [2.75, 3.05) is 0 Å². The van der Waals surface area contributed by atoms with Gasteiger partial charge < -0.3 is 9.84 Å². The molecule has 0 atom stereocenters. The fourth-order valence-corrected chi connectivity index (χ4v) is 3.89. The van der Waals surface area contributed by atoms with Crippen LogP contribution in [0.15, 0.2) is 0 Å². The van der Waals surface area contributed by atoms with Gasteiger partial charge in [-0.25, -0.2) is 0 Å². The highest BCUT2D eigenvalue weighted by molar-refractivity contribution is 5.76. The van der Waals surface area contributed by atoms with Gasteiger partial charge in [0.1, 0.15) is 11.5 Å². The minimum absolute atomic E-state index is 0.249. The molecular weight excluding hydrogens is 348 g/mol. The van der Waals surface area contributed by atoms with Crippen LogP contribution in [0.2, 0.25) is 0 Å². The van der Waals surface area contributed by atoms with Crippen LogP contribution in [0.3, 0.4) is 0 Å². The van der Waals surface area contributed by atoms with Crippen LogP contribution >= 0.6 is 0 Å². The number of ether oxygens (including phenoxy) is 1. The normalized spacial score (nSPS) is 13.6. The van der Waals surface area contributed by atoms with E-state index in [9.17, 15) is 9.90 Å². The third-order valence-corrected chi connectivity index (χ3v) is 4.93. The second kappa shape index (κ2) is 7.39. The summed E-state index contributed by atoms with van der Waals surface area (Å²) in [6, 6.07) is 0. The highest BCUT2D eigenvalue weighted by atomic mass is 16.5. The van der Waals surface area contributed by atoms with Gasteiger partial charge in [-0.1, -0.05) is 90.0 Å². The third-order valence-electron chi connectivity index (χ3n) is 4.93. The molecule has 0 amide bonds. The summed E-state index contributed by atoms with van der Waals surface area (Å²) in [7, 11) is 0. The van der Waals surface area contributed by atoms with E-state index >= 15 is 0 Å². The van der Waals surface area contributed by atoms with E-state index in [-0.39, 0.29) is 27.6 Å². The maximum atomic E-state index is 12.5. The predicted octanol–water partition coefficient (Wildman–Crippen LogP) is 6.90. The van der Waals surface area contributed by atoms with E-state index in [4.69, 9.17) is 4.74 Å². The maximum absolute atomic E-state index is 12.5. The highest BCUT2D eigenvalue weighted by Gasteiger charge is 2.41. The molecule has 0 saturated carbocycles. The van der Waals surface area contributed by atoms with Gasteiger partial charge >= 0.3 is 5.97 Å². The molecule has 0 aliphatic heterocycles.